The van der Waals surface area contributed by atoms with Gasteiger partial charge in [0.2, 0.25) is 0 Å². The first-order chi connectivity index (χ1) is 9.11. The Morgan fingerprint density at radius 1 is 1.40 bits per heavy atom. The van der Waals surface area contributed by atoms with E-state index in [0.29, 0.717) is 23.6 Å². The molecule has 1 N–H and O–H groups in total. The summed E-state index contributed by atoms with van der Waals surface area (Å²) in [6.45, 7) is 2.52. The first-order valence-electron chi connectivity index (χ1n) is 6.09. The van der Waals surface area contributed by atoms with Crippen LogP contribution < -0.4 is 0 Å². The molecular weight excluding hydrogens is 362 g/mol. The van der Waals surface area contributed by atoms with Crippen LogP contribution in [0, 0.1) is 0 Å². The highest BCUT2D eigenvalue weighted by atomic mass is 79.9. The number of aliphatic hydroxyl groups is 1. The Bertz CT molecular complexity index is 504. The summed E-state index contributed by atoms with van der Waals surface area (Å²) in [6, 6.07) is 6.96. The monoisotopic (exact) mass is 377 g/mol. The van der Waals surface area contributed by atoms with E-state index in [-0.39, 0.29) is 29.4 Å². The number of hydrogen-bond acceptors (Lipinski definition) is 4. The third-order valence-electron chi connectivity index (χ3n) is 3.11. The van der Waals surface area contributed by atoms with Crippen LogP contribution in [-0.2, 0) is 0 Å². The van der Waals surface area contributed by atoms with E-state index in [4.69, 9.17) is 16.7 Å². The van der Waals surface area contributed by atoms with Gasteiger partial charge in [-0.05, 0) is 31.2 Å². The van der Waals surface area contributed by atoms with E-state index in [0.717, 1.165) is 11.6 Å². The smallest absolute Gasteiger partial charge is 0.182 e. The summed E-state index contributed by atoms with van der Waals surface area (Å²) in [6.07, 6.45) is 0.669. The topological polar surface area (TPSA) is 40.5 Å². The molecule has 0 radical (unpaired) electrons. The molecule has 1 aromatic carbocycles. The van der Waals surface area contributed by atoms with Gasteiger partial charge >= 0.3 is 0 Å². The maximum absolute atomic E-state index is 12.2. The molecule has 0 spiro atoms. The van der Waals surface area contributed by atoms with Crippen molar-refractivity contribution in [1.29, 1.82) is 0 Å². The number of halogens is 2. The number of carbonyl (C=O) groups is 1. The van der Waals surface area contributed by atoms with E-state index >= 15 is 0 Å². The molecule has 2 rings (SSSR count). The van der Waals surface area contributed by atoms with Crippen molar-refractivity contribution < 1.29 is 9.90 Å². The molecule has 0 aromatic heterocycles. The highest BCUT2D eigenvalue weighted by Crippen LogP contribution is 2.33. The zero-order valence-electron chi connectivity index (χ0n) is 11.1. The van der Waals surface area contributed by atoms with Crippen molar-refractivity contribution >= 4 is 46.1 Å². The van der Waals surface area contributed by atoms with Crippen molar-refractivity contribution in [1.82, 2.24) is 4.90 Å². The summed E-state index contributed by atoms with van der Waals surface area (Å²) in [7, 11) is 0. The molecule has 1 heterocycles. The average molecular weight is 379 g/mol. The molecule has 110 valence electrons. The number of aliphatic hydroxyl groups excluding tert-OH is 1. The second kappa shape index (κ2) is 8.08. The first kappa shape index (κ1) is 17.6. The summed E-state index contributed by atoms with van der Waals surface area (Å²) < 4.78 is 0. The van der Waals surface area contributed by atoms with Crippen LogP contribution in [0.2, 0.25) is 5.02 Å². The van der Waals surface area contributed by atoms with Crippen LogP contribution >= 0.6 is 40.3 Å². The van der Waals surface area contributed by atoms with E-state index in [1.54, 1.807) is 36.0 Å². The summed E-state index contributed by atoms with van der Waals surface area (Å²) in [4.78, 5) is 15.4. The lowest BCUT2D eigenvalue weighted by atomic mass is 10.1. The molecule has 0 unspecified atom stereocenters. The Hall–Kier alpha value is -0.490. The van der Waals surface area contributed by atoms with E-state index in [2.05, 4.69) is 0 Å². The molecule has 20 heavy (non-hydrogen) atoms. The Morgan fingerprint density at radius 2 is 2.05 bits per heavy atom. The summed E-state index contributed by atoms with van der Waals surface area (Å²) in [5, 5.41) is 9.61. The Kier molecular flexibility index (Phi) is 7.09. The number of rotatable bonds is 5. The normalized spacial score (nSPS) is 14.4. The minimum atomic E-state index is 0. The molecule has 0 atom stereocenters. The second-order valence-electron chi connectivity index (χ2n) is 4.38. The van der Waals surface area contributed by atoms with Crippen molar-refractivity contribution in [2.75, 3.05) is 19.0 Å². The average Bonchev–Trinajstić information content (AvgIpc) is 2.73. The quantitative estimate of drug-likeness (QED) is 0.793. The van der Waals surface area contributed by atoms with Gasteiger partial charge in [0.05, 0.1) is 12.4 Å². The highest BCUT2D eigenvalue weighted by molar-refractivity contribution is 8.93. The molecule has 0 fully saturated rings. The first-order valence-corrected chi connectivity index (χ1v) is 7.45. The zero-order valence-corrected chi connectivity index (χ0v) is 14.4. The number of allylic oxidation sites excluding steroid dienone is 1. The molecule has 0 bridgehead atoms. The molecule has 1 aliphatic heterocycles. The van der Waals surface area contributed by atoms with E-state index in [9.17, 15) is 4.79 Å². The minimum absolute atomic E-state index is 0. The molecular formula is C14H17BrClNO2S. The van der Waals surface area contributed by atoms with Gasteiger partial charge in [-0.2, -0.15) is 0 Å². The third kappa shape index (κ3) is 4.25. The number of ketones is 1. The van der Waals surface area contributed by atoms with Gasteiger partial charge in [0.25, 0.3) is 0 Å². The number of Topliss-reactive ketones (excluding diaryl/α,β-unsaturated/α-hetero) is 1. The standard InChI is InChI=1S/C14H16ClNO2S.BrH/c1-10-14(6-7-17)19-9-16(10)8-13(18)11-2-4-12(15)5-3-11;/h2-5,17H,6-9H2,1H3;1H. The van der Waals surface area contributed by atoms with Crippen LogP contribution in [0.1, 0.15) is 23.7 Å². The predicted octanol–water partition coefficient (Wildman–Crippen LogP) is 3.72. The number of carbonyl (C=O) groups excluding carboxylic acids is 1. The minimum Gasteiger partial charge on any atom is -0.396 e. The van der Waals surface area contributed by atoms with Crippen LogP contribution in [0.15, 0.2) is 34.9 Å². The highest BCUT2D eigenvalue weighted by Gasteiger charge is 2.21. The van der Waals surface area contributed by atoms with Crippen molar-refractivity contribution in [3.8, 4) is 0 Å². The van der Waals surface area contributed by atoms with E-state index in [1.165, 1.54) is 4.91 Å². The SMILES string of the molecule is Br.CC1=C(CCO)SCN1CC(=O)c1ccc(Cl)cc1. The maximum Gasteiger partial charge on any atom is 0.182 e. The van der Waals surface area contributed by atoms with Crippen LogP contribution in [0.4, 0.5) is 0 Å². The van der Waals surface area contributed by atoms with Gasteiger partial charge < -0.3 is 10.0 Å². The van der Waals surface area contributed by atoms with Crippen molar-refractivity contribution in [3.05, 3.63) is 45.5 Å². The molecule has 6 heteroatoms. The molecule has 0 amide bonds. The van der Waals surface area contributed by atoms with Gasteiger partial charge in [0, 0.05) is 34.2 Å². The van der Waals surface area contributed by atoms with Gasteiger partial charge in [0.1, 0.15) is 0 Å². The second-order valence-corrected chi connectivity index (χ2v) is 5.86. The van der Waals surface area contributed by atoms with Crippen LogP contribution in [-0.4, -0.2) is 34.8 Å². The third-order valence-corrected chi connectivity index (χ3v) is 4.65. The van der Waals surface area contributed by atoms with Gasteiger partial charge in [-0.1, -0.05) is 11.6 Å². The number of benzene rings is 1. The van der Waals surface area contributed by atoms with Gasteiger partial charge in [0.15, 0.2) is 5.78 Å². The number of nitrogens with zero attached hydrogens (tertiary/aromatic N) is 1. The van der Waals surface area contributed by atoms with Crippen molar-refractivity contribution in [3.63, 3.8) is 0 Å². The molecule has 0 aliphatic carbocycles. The van der Waals surface area contributed by atoms with Gasteiger partial charge in [-0.15, -0.1) is 28.7 Å². The van der Waals surface area contributed by atoms with Gasteiger partial charge in [-0.25, -0.2) is 0 Å². The van der Waals surface area contributed by atoms with Crippen molar-refractivity contribution in [2.24, 2.45) is 0 Å². The molecule has 1 aromatic rings. The van der Waals surface area contributed by atoms with Crippen LogP contribution in [0.5, 0.6) is 0 Å². The number of hydrogen-bond donors (Lipinski definition) is 1. The largest absolute Gasteiger partial charge is 0.396 e. The Labute approximate surface area is 138 Å². The maximum atomic E-state index is 12.2. The van der Waals surface area contributed by atoms with E-state index < -0.39 is 0 Å². The fraction of sp³-hybridized carbons (Fsp3) is 0.357. The lowest BCUT2D eigenvalue weighted by Crippen LogP contribution is -2.25. The number of thioether (sulfide) groups is 1. The molecule has 1 aliphatic rings. The molecule has 3 nitrogen and oxygen atoms in total. The predicted molar refractivity (Wildman–Crippen MR) is 89.7 cm³/mol. The zero-order chi connectivity index (χ0) is 13.8. The Balaban J connectivity index is 0.00000200. The summed E-state index contributed by atoms with van der Waals surface area (Å²) in [5.41, 5.74) is 1.78. The molecule has 0 saturated carbocycles. The lowest BCUT2D eigenvalue weighted by Gasteiger charge is -2.18. The van der Waals surface area contributed by atoms with Crippen molar-refractivity contribution in [2.45, 2.75) is 13.3 Å². The fourth-order valence-electron chi connectivity index (χ4n) is 1.95. The fourth-order valence-corrected chi connectivity index (χ4v) is 3.25. The van der Waals surface area contributed by atoms with Gasteiger partial charge in [-0.3, -0.25) is 4.79 Å². The van der Waals surface area contributed by atoms with E-state index in [1.807, 2.05) is 11.8 Å². The lowest BCUT2D eigenvalue weighted by molar-refractivity contribution is 0.0958. The van der Waals surface area contributed by atoms with Crippen LogP contribution in [0.3, 0.4) is 0 Å². The summed E-state index contributed by atoms with van der Waals surface area (Å²) in [5.74, 6) is 0.863. The summed E-state index contributed by atoms with van der Waals surface area (Å²) >= 11 is 7.50. The molecule has 0 saturated heterocycles. The Morgan fingerprint density at radius 3 is 2.65 bits per heavy atom. The van der Waals surface area contributed by atoms with Crippen LogP contribution in [0.25, 0.3) is 0 Å².